The van der Waals surface area contributed by atoms with Crippen LogP contribution in [-0.4, -0.2) is 12.6 Å². The van der Waals surface area contributed by atoms with E-state index in [1.807, 2.05) is 26.8 Å². The zero-order valence-electron chi connectivity index (χ0n) is 15.1. The third-order valence-corrected chi connectivity index (χ3v) is 4.15. The molecule has 0 amide bonds. The van der Waals surface area contributed by atoms with Gasteiger partial charge in [0.25, 0.3) is 0 Å². The van der Waals surface area contributed by atoms with Crippen molar-refractivity contribution in [1.82, 2.24) is 0 Å². The van der Waals surface area contributed by atoms with Crippen molar-refractivity contribution in [2.75, 3.05) is 6.61 Å². The second-order valence-corrected chi connectivity index (χ2v) is 7.11. The second-order valence-electron chi connectivity index (χ2n) is 7.11. The topological polar surface area (TPSA) is 30.7 Å². The molecule has 1 aromatic carbocycles. The number of carbonyl (C=O) groups is 1. The van der Waals surface area contributed by atoms with Crippen LogP contribution in [0.25, 0.3) is 4.85 Å². The van der Waals surface area contributed by atoms with Crippen LogP contribution in [-0.2, 0) is 10.2 Å². The maximum atomic E-state index is 12.3. The Morgan fingerprint density at radius 1 is 1.30 bits per heavy atom. The molecular weight excluding hydrogens is 286 g/mol. The molecule has 0 saturated carbocycles. The molecule has 0 spiro atoms. The Kier molecular flexibility index (Phi) is 7.29. The number of unbranched alkanes of at least 4 members (excludes halogenated alkanes) is 1. The van der Waals surface area contributed by atoms with Crippen molar-refractivity contribution < 1.29 is 9.53 Å². The number of hydrogen-bond donors (Lipinski definition) is 0. The Morgan fingerprint density at radius 3 is 2.52 bits per heavy atom. The van der Waals surface area contributed by atoms with E-state index in [0.29, 0.717) is 23.8 Å². The molecule has 0 N–H and O–H groups in total. The highest BCUT2D eigenvalue weighted by atomic mass is 16.5. The molecule has 23 heavy (non-hydrogen) atoms. The molecule has 0 aliphatic heterocycles. The summed E-state index contributed by atoms with van der Waals surface area (Å²) in [7, 11) is 0. The van der Waals surface area contributed by atoms with Crippen molar-refractivity contribution in [2.24, 2.45) is 5.92 Å². The van der Waals surface area contributed by atoms with Gasteiger partial charge in [0, 0.05) is 0 Å². The van der Waals surface area contributed by atoms with Gasteiger partial charge >= 0.3 is 5.97 Å². The SMILES string of the molecule is [C-]#[N+]c1ccc(C(=O)OC[C@@H](CC)CCCC)cc1C(C)(C)C. The average molecular weight is 315 g/mol. The van der Waals surface area contributed by atoms with E-state index in [1.54, 1.807) is 12.1 Å². The standard InChI is InChI=1S/C20H29NO2/c1-7-9-10-15(8-2)14-23-19(22)16-11-12-18(21-6)17(13-16)20(3,4)5/h11-13,15H,7-10,14H2,1-5H3/t15-/m0/s1. The first-order valence-electron chi connectivity index (χ1n) is 8.52. The minimum atomic E-state index is -0.290. The van der Waals surface area contributed by atoms with Crippen LogP contribution in [0.15, 0.2) is 18.2 Å². The summed E-state index contributed by atoms with van der Waals surface area (Å²) >= 11 is 0. The molecule has 1 rings (SSSR count). The van der Waals surface area contributed by atoms with Gasteiger partial charge in [-0.05, 0) is 23.3 Å². The summed E-state index contributed by atoms with van der Waals surface area (Å²) in [6, 6.07) is 5.22. The fourth-order valence-corrected chi connectivity index (χ4v) is 2.54. The molecule has 1 aromatic rings. The smallest absolute Gasteiger partial charge is 0.338 e. The van der Waals surface area contributed by atoms with Gasteiger partial charge in [-0.25, -0.2) is 9.64 Å². The number of ether oxygens (including phenoxy) is 1. The number of nitrogens with zero attached hydrogens (tertiary/aromatic N) is 1. The quantitative estimate of drug-likeness (QED) is 0.462. The maximum absolute atomic E-state index is 12.3. The number of rotatable bonds is 7. The van der Waals surface area contributed by atoms with Crippen LogP contribution in [0.5, 0.6) is 0 Å². The van der Waals surface area contributed by atoms with E-state index < -0.39 is 0 Å². The molecule has 0 fully saturated rings. The Bertz CT molecular complexity index is 564. The van der Waals surface area contributed by atoms with Crippen LogP contribution >= 0.6 is 0 Å². The molecule has 0 saturated heterocycles. The summed E-state index contributed by atoms with van der Waals surface area (Å²) in [4.78, 5) is 15.9. The predicted octanol–water partition coefficient (Wildman–Crippen LogP) is 5.91. The molecule has 3 nitrogen and oxygen atoms in total. The Labute approximate surface area is 140 Å². The summed E-state index contributed by atoms with van der Waals surface area (Å²) in [5.74, 6) is 0.144. The van der Waals surface area contributed by atoms with Gasteiger partial charge in [-0.3, -0.25) is 0 Å². The fourth-order valence-electron chi connectivity index (χ4n) is 2.54. The Balaban J connectivity index is 2.83. The van der Waals surface area contributed by atoms with Gasteiger partial charge in [-0.2, -0.15) is 0 Å². The number of carbonyl (C=O) groups excluding carboxylic acids is 1. The van der Waals surface area contributed by atoms with E-state index in [-0.39, 0.29) is 11.4 Å². The predicted molar refractivity (Wildman–Crippen MR) is 95.0 cm³/mol. The zero-order valence-corrected chi connectivity index (χ0v) is 15.1. The third-order valence-electron chi connectivity index (χ3n) is 4.15. The van der Waals surface area contributed by atoms with Crippen molar-refractivity contribution in [1.29, 1.82) is 0 Å². The fraction of sp³-hybridized carbons (Fsp3) is 0.600. The minimum Gasteiger partial charge on any atom is -0.462 e. The van der Waals surface area contributed by atoms with Crippen molar-refractivity contribution >= 4 is 11.7 Å². The highest BCUT2D eigenvalue weighted by Crippen LogP contribution is 2.32. The molecular formula is C20H29NO2. The normalized spacial score (nSPS) is 12.5. The first kappa shape index (κ1) is 19.2. The first-order valence-corrected chi connectivity index (χ1v) is 8.52. The van der Waals surface area contributed by atoms with E-state index in [9.17, 15) is 4.79 Å². The van der Waals surface area contributed by atoms with Crippen LogP contribution in [0.1, 0.15) is 76.2 Å². The summed E-state index contributed by atoms with van der Waals surface area (Å²) < 4.78 is 5.50. The van der Waals surface area contributed by atoms with Gasteiger partial charge in [0.2, 0.25) is 0 Å². The molecule has 0 unspecified atom stereocenters. The lowest BCUT2D eigenvalue weighted by molar-refractivity contribution is 0.0428. The highest BCUT2D eigenvalue weighted by Gasteiger charge is 2.21. The van der Waals surface area contributed by atoms with Gasteiger partial charge in [-0.1, -0.05) is 72.1 Å². The average Bonchev–Trinajstić information content (AvgIpc) is 2.53. The number of esters is 1. The zero-order chi connectivity index (χ0) is 17.5. The maximum Gasteiger partial charge on any atom is 0.338 e. The molecule has 0 radical (unpaired) electrons. The van der Waals surface area contributed by atoms with Crippen molar-refractivity contribution in [3.8, 4) is 0 Å². The van der Waals surface area contributed by atoms with Crippen molar-refractivity contribution in [2.45, 2.75) is 65.7 Å². The van der Waals surface area contributed by atoms with Gasteiger partial charge in [0.1, 0.15) is 0 Å². The van der Waals surface area contributed by atoms with Crippen LogP contribution in [0.3, 0.4) is 0 Å². The van der Waals surface area contributed by atoms with Crippen molar-refractivity contribution in [3.63, 3.8) is 0 Å². The molecule has 1 atom stereocenters. The lowest BCUT2D eigenvalue weighted by Crippen LogP contribution is -2.16. The van der Waals surface area contributed by atoms with Crippen molar-refractivity contribution in [3.05, 3.63) is 40.7 Å². The van der Waals surface area contributed by atoms with Gasteiger partial charge in [0.15, 0.2) is 5.69 Å². The van der Waals surface area contributed by atoms with Crippen LogP contribution < -0.4 is 0 Å². The number of hydrogen-bond acceptors (Lipinski definition) is 2. The Morgan fingerprint density at radius 2 is 2.00 bits per heavy atom. The van der Waals surface area contributed by atoms with E-state index in [4.69, 9.17) is 11.3 Å². The van der Waals surface area contributed by atoms with Gasteiger partial charge < -0.3 is 4.74 Å². The molecule has 0 aliphatic rings. The van der Waals surface area contributed by atoms with E-state index >= 15 is 0 Å². The second kappa shape index (κ2) is 8.72. The molecule has 0 aliphatic carbocycles. The molecule has 0 heterocycles. The highest BCUT2D eigenvalue weighted by molar-refractivity contribution is 5.90. The van der Waals surface area contributed by atoms with Crippen LogP contribution in [0, 0.1) is 12.5 Å². The van der Waals surface area contributed by atoms with E-state index in [1.165, 1.54) is 6.42 Å². The molecule has 126 valence electrons. The van der Waals surface area contributed by atoms with Gasteiger partial charge in [0.05, 0.1) is 18.7 Å². The minimum absolute atomic E-state index is 0.177. The number of benzene rings is 1. The Hall–Kier alpha value is -1.82. The first-order chi connectivity index (χ1) is 10.8. The van der Waals surface area contributed by atoms with Crippen LogP contribution in [0.4, 0.5) is 5.69 Å². The summed E-state index contributed by atoms with van der Waals surface area (Å²) in [5, 5.41) is 0. The largest absolute Gasteiger partial charge is 0.462 e. The lowest BCUT2D eigenvalue weighted by Gasteiger charge is -2.21. The van der Waals surface area contributed by atoms with E-state index in [2.05, 4.69) is 18.7 Å². The molecule has 0 bridgehead atoms. The molecule has 0 aromatic heterocycles. The summed E-state index contributed by atoms with van der Waals surface area (Å²) in [5.41, 5.74) is 1.85. The monoisotopic (exact) mass is 315 g/mol. The van der Waals surface area contributed by atoms with Crippen LogP contribution in [0.2, 0.25) is 0 Å². The summed E-state index contributed by atoms with van der Waals surface area (Å²) in [6.45, 7) is 18.2. The molecule has 3 heteroatoms. The van der Waals surface area contributed by atoms with Gasteiger partial charge in [-0.15, -0.1) is 0 Å². The third kappa shape index (κ3) is 5.71. The van der Waals surface area contributed by atoms with E-state index in [0.717, 1.165) is 24.8 Å². The lowest BCUT2D eigenvalue weighted by atomic mass is 9.85. The summed E-state index contributed by atoms with van der Waals surface area (Å²) in [6.07, 6.45) is 4.46.